The maximum absolute atomic E-state index is 13.8. The average Bonchev–Trinajstić information content (AvgIpc) is 3.12. The number of ether oxygens (including phenoxy) is 2. The Kier molecular flexibility index (Phi) is 6.00. The number of carbonyl (C=O) groups excluding carboxylic acids is 1. The van der Waals surface area contributed by atoms with Crippen molar-refractivity contribution < 1.29 is 23.0 Å². The fourth-order valence-electron chi connectivity index (χ4n) is 7.39. The highest BCUT2D eigenvalue weighted by Crippen LogP contribution is 2.63. The van der Waals surface area contributed by atoms with Crippen molar-refractivity contribution in [3.8, 4) is 0 Å². The van der Waals surface area contributed by atoms with Crippen molar-refractivity contribution in [1.29, 1.82) is 0 Å². The maximum atomic E-state index is 13.8. The predicted octanol–water partition coefficient (Wildman–Crippen LogP) is 5.53. The number of amides is 2. The summed E-state index contributed by atoms with van der Waals surface area (Å²) in [6.45, 7) is 12.0. The molecule has 0 N–H and O–H groups in total. The lowest BCUT2D eigenvalue weighted by atomic mass is 9.46. The quantitative estimate of drug-likeness (QED) is 0.539. The minimum Gasteiger partial charge on any atom is -0.348 e. The van der Waals surface area contributed by atoms with Crippen LogP contribution in [-0.2, 0) is 9.47 Å². The molecule has 1 unspecified atom stereocenters. The third-order valence-electron chi connectivity index (χ3n) is 9.36. The number of urea groups is 1. The SMILES string of the molecule is C=C1CCC2[C@]3(C)CO[C@@H](c4ccc(F)c(F)c4)O[C@@H]3CC[C@@]2(C)[C@@H]1CCN1CCN(C)C1=O. The molecule has 2 aliphatic heterocycles. The van der Waals surface area contributed by atoms with Crippen LogP contribution in [0.5, 0.6) is 0 Å². The molecular weight excluding hydrogens is 438 g/mol. The molecule has 0 spiro atoms. The minimum absolute atomic E-state index is 0.00161. The summed E-state index contributed by atoms with van der Waals surface area (Å²) in [5.74, 6) is -0.997. The van der Waals surface area contributed by atoms with E-state index in [0.717, 1.165) is 57.8 Å². The van der Waals surface area contributed by atoms with Crippen LogP contribution in [0.15, 0.2) is 30.4 Å². The highest BCUT2D eigenvalue weighted by molar-refractivity contribution is 5.76. The number of allylic oxidation sites excluding steroid dienone is 1. The molecule has 0 aromatic heterocycles. The highest BCUT2D eigenvalue weighted by Gasteiger charge is 2.60. The van der Waals surface area contributed by atoms with E-state index in [0.29, 0.717) is 24.0 Å². The van der Waals surface area contributed by atoms with E-state index in [-0.39, 0.29) is 23.0 Å². The summed E-state index contributed by atoms with van der Waals surface area (Å²) in [7, 11) is 1.86. The molecule has 2 amide bonds. The molecule has 4 fully saturated rings. The maximum Gasteiger partial charge on any atom is 0.319 e. The molecular formula is C27H36F2N2O3. The van der Waals surface area contributed by atoms with Gasteiger partial charge in [0, 0.05) is 37.7 Å². The summed E-state index contributed by atoms with van der Waals surface area (Å²) in [5, 5.41) is 0. The fourth-order valence-corrected chi connectivity index (χ4v) is 7.39. The van der Waals surface area contributed by atoms with Crippen molar-refractivity contribution in [2.24, 2.45) is 22.7 Å². The van der Waals surface area contributed by atoms with Gasteiger partial charge in [0.15, 0.2) is 17.9 Å². The van der Waals surface area contributed by atoms with Gasteiger partial charge in [-0.2, -0.15) is 0 Å². The first-order valence-electron chi connectivity index (χ1n) is 12.5. The zero-order valence-corrected chi connectivity index (χ0v) is 20.5. The second-order valence-electron chi connectivity index (χ2n) is 11.3. The largest absolute Gasteiger partial charge is 0.348 e. The molecule has 0 radical (unpaired) electrons. The zero-order valence-electron chi connectivity index (χ0n) is 20.5. The molecule has 2 saturated heterocycles. The van der Waals surface area contributed by atoms with Crippen LogP contribution in [0.3, 0.4) is 0 Å². The molecule has 0 bridgehead atoms. The Morgan fingerprint density at radius 3 is 2.65 bits per heavy atom. The lowest BCUT2D eigenvalue weighted by molar-refractivity contribution is -0.307. The van der Waals surface area contributed by atoms with Crippen LogP contribution in [0.4, 0.5) is 13.6 Å². The van der Waals surface area contributed by atoms with Gasteiger partial charge in [0.2, 0.25) is 0 Å². The van der Waals surface area contributed by atoms with Crippen molar-refractivity contribution in [3.05, 3.63) is 47.5 Å². The molecule has 186 valence electrons. The second-order valence-corrected chi connectivity index (χ2v) is 11.3. The zero-order chi connectivity index (χ0) is 24.3. The van der Waals surface area contributed by atoms with Crippen molar-refractivity contribution in [1.82, 2.24) is 9.80 Å². The number of benzene rings is 1. The van der Waals surface area contributed by atoms with Crippen LogP contribution in [-0.4, -0.2) is 55.2 Å². The number of rotatable bonds is 4. The lowest BCUT2D eigenvalue weighted by Gasteiger charge is -2.62. The number of fused-ring (bicyclic) bond motifs is 3. The smallest absolute Gasteiger partial charge is 0.319 e. The van der Waals surface area contributed by atoms with Crippen LogP contribution >= 0.6 is 0 Å². The lowest BCUT2D eigenvalue weighted by Crippen LogP contribution is -2.60. The molecule has 1 aromatic carbocycles. The highest BCUT2D eigenvalue weighted by atomic mass is 19.2. The first-order valence-corrected chi connectivity index (χ1v) is 12.5. The molecule has 7 heteroatoms. The molecule has 2 aliphatic carbocycles. The third kappa shape index (κ3) is 3.76. The molecule has 34 heavy (non-hydrogen) atoms. The molecule has 2 saturated carbocycles. The summed E-state index contributed by atoms with van der Waals surface area (Å²) in [6, 6.07) is 3.96. The van der Waals surface area contributed by atoms with Crippen LogP contribution in [0.2, 0.25) is 0 Å². The van der Waals surface area contributed by atoms with Crippen molar-refractivity contribution >= 4 is 6.03 Å². The first-order chi connectivity index (χ1) is 16.1. The van der Waals surface area contributed by atoms with E-state index < -0.39 is 17.9 Å². The van der Waals surface area contributed by atoms with Crippen LogP contribution in [0.25, 0.3) is 0 Å². The van der Waals surface area contributed by atoms with Gasteiger partial charge in [-0.3, -0.25) is 0 Å². The predicted molar refractivity (Wildman–Crippen MR) is 125 cm³/mol. The Morgan fingerprint density at radius 1 is 1.15 bits per heavy atom. The normalized spacial score (nSPS) is 38.1. The number of carbonyl (C=O) groups is 1. The fraction of sp³-hybridized carbons (Fsp3) is 0.667. The van der Waals surface area contributed by atoms with E-state index in [1.54, 1.807) is 4.90 Å². The van der Waals surface area contributed by atoms with Crippen molar-refractivity contribution in [2.75, 3.05) is 33.3 Å². The monoisotopic (exact) mass is 474 g/mol. The first kappa shape index (κ1) is 23.7. The summed E-state index contributed by atoms with van der Waals surface area (Å²) >= 11 is 0. The van der Waals surface area contributed by atoms with Crippen LogP contribution < -0.4 is 0 Å². The van der Waals surface area contributed by atoms with E-state index >= 15 is 0 Å². The van der Waals surface area contributed by atoms with Gasteiger partial charge in [-0.1, -0.05) is 32.1 Å². The van der Waals surface area contributed by atoms with Gasteiger partial charge in [0.1, 0.15) is 0 Å². The summed E-state index contributed by atoms with van der Waals surface area (Å²) in [4.78, 5) is 16.1. The molecule has 1 aromatic rings. The molecule has 2 heterocycles. The van der Waals surface area contributed by atoms with E-state index in [1.807, 2.05) is 11.9 Å². The number of hydrogen-bond donors (Lipinski definition) is 0. The Morgan fingerprint density at radius 2 is 1.94 bits per heavy atom. The van der Waals surface area contributed by atoms with Gasteiger partial charge in [-0.25, -0.2) is 13.6 Å². The number of likely N-dealkylation sites (N-methyl/N-ethyl adjacent to an activating group) is 1. The van der Waals surface area contributed by atoms with Crippen molar-refractivity contribution in [3.63, 3.8) is 0 Å². The summed E-state index contributed by atoms with van der Waals surface area (Å²) < 4.78 is 39.8. The Labute approximate surface area is 201 Å². The van der Waals surface area contributed by atoms with Crippen LogP contribution in [0, 0.1) is 34.3 Å². The summed E-state index contributed by atoms with van der Waals surface area (Å²) in [5.41, 5.74) is 1.73. The van der Waals surface area contributed by atoms with Gasteiger partial charge >= 0.3 is 6.03 Å². The van der Waals surface area contributed by atoms with Gasteiger partial charge in [0.05, 0.1) is 12.7 Å². The molecule has 5 nitrogen and oxygen atoms in total. The topological polar surface area (TPSA) is 42.0 Å². The minimum atomic E-state index is -0.884. The van der Waals surface area contributed by atoms with E-state index in [4.69, 9.17) is 9.47 Å². The van der Waals surface area contributed by atoms with E-state index in [9.17, 15) is 13.6 Å². The van der Waals surface area contributed by atoms with Gasteiger partial charge in [0.25, 0.3) is 0 Å². The third-order valence-corrected chi connectivity index (χ3v) is 9.36. The Hall–Kier alpha value is -1.99. The number of hydrogen-bond acceptors (Lipinski definition) is 3. The average molecular weight is 475 g/mol. The van der Waals surface area contributed by atoms with Crippen LogP contribution in [0.1, 0.15) is 57.8 Å². The van der Waals surface area contributed by atoms with E-state index in [1.165, 1.54) is 17.7 Å². The standard InChI is InChI=1S/C27H36F2N2O3/c1-17-5-8-22-26(2,19(17)10-12-31-14-13-30(4)25(31)32)11-9-23-27(22,3)16-33-24(34-23)18-6-7-20(28)21(29)15-18/h6-7,15,19,22-24H,1,5,8-14,16H2,2-4H3/t19-,22?,23-,24-,26+,27+/m1/s1. The van der Waals surface area contributed by atoms with Gasteiger partial charge in [-0.15, -0.1) is 0 Å². The Balaban J connectivity index is 1.32. The summed E-state index contributed by atoms with van der Waals surface area (Å²) in [6.07, 6.45) is 4.19. The van der Waals surface area contributed by atoms with Gasteiger partial charge < -0.3 is 19.3 Å². The van der Waals surface area contributed by atoms with E-state index in [2.05, 4.69) is 20.4 Å². The second kappa shape index (κ2) is 8.59. The van der Waals surface area contributed by atoms with Crippen molar-refractivity contribution in [2.45, 2.75) is 58.3 Å². The molecule has 6 atom stereocenters. The number of nitrogens with zero attached hydrogens (tertiary/aromatic N) is 2. The molecule has 5 rings (SSSR count). The number of halogens is 2. The molecule has 4 aliphatic rings. The van der Waals surface area contributed by atoms with Gasteiger partial charge in [-0.05, 0) is 61.5 Å². The Bertz CT molecular complexity index is 987.